The topological polar surface area (TPSA) is 56.0 Å². The Morgan fingerprint density at radius 2 is 2.27 bits per heavy atom. The minimum absolute atomic E-state index is 0.308. The first kappa shape index (κ1) is 8.38. The Balaban J connectivity index is 3.23. The van der Waals surface area contributed by atoms with E-state index in [1.807, 2.05) is 22.6 Å². The molecule has 0 aliphatic carbocycles. The molecule has 0 aliphatic heterocycles. The quantitative estimate of drug-likeness (QED) is 0.607. The van der Waals surface area contributed by atoms with Gasteiger partial charge in [-0.25, -0.2) is 9.37 Å². The molecule has 1 rings (SSSR count). The van der Waals surface area contributed by atoms with Crippen molar-refractivity contribution in [3.63, 3.8) is 0 Å². The van der Waals surface area contributed by atoms with Crippen molar-refractivity contribution in [2.45, 2.75) is 0 Å². The fourth-order valence-corrected chi connectivity index (χ4v) is 1.01. The lowest BCUT2D eigenvalue weighted by Crippen LogP contribution is -2.15. The van der Waals surface area contributed by atoms with E-state index in [1.165, 1.54) is 6.07 Å². The van der Waals surface area contributed by atoms with Crippen molar-refractivity contribution in [3.05, 3.63) is 27.3 Å². The molecule has 5 heteroatoms. The smallest absolute Gasteiger partial charge is 0.270 e. The molecule has 0 unspecified atom stereocenters. The van der Waals surface area contributed by atoms with Crippen molar-refractivity contribution in [1.29, 1.82) is 0 Å². The summed E-state index contributed by atoms with van der Waals surface area (Å²) in [6.07, 6.45) is 0. The summed E-state index contributed by atoms with van der Waals surface area (Å²) in [5.74, 6) is -1.53. The molecule has 0 spiro atoms. The van der Waals surface area contributed by atoms with E-state index in [9.17, 15) is 9.18 Å². The molecule has 1 aromatic rings. The molecule has 0 radical (unpaired) electrons. The summed E-state index contributed by atoms with van der Waals surface area (Å²) in [5, 5.41) is 0. The SMILES string of the molecule is NC(=O)c1nc(I)ccc1F. The van der Waals surface area contributed by atoms with Crippen LogP contribution >= 0.6 is 22.6 Å². The van der Waals surface area contributed by atoms with Crippen LogP contribution in [0.3, 0.4) is 0 Å². The summed E-state index contributed by atoms with van der Waals surface area (Å²) in [7, 11) is 0. The van der Waals surface area contributed by atoms with Crippen molar-refractivity contribution in [2.75, 3.05) is 0 Å². The first-order valence-corrected chi connectivity index (χ1v) is 3.81. The monoisotopic (exact) mass is 266 g/mol. The third-order valence-corrected chi connectivity index (χ3v) is 1.65. The number of hydrogen-bond acceptors (Lipinski definition) is 2. The van der Waals surface area contributed by atoms with Gasteiger partial charge in [-0.1, -0.05) is 0 Å². The fraction of sp³-hybridized carbons (Fsp3) is 0. The van der Waals surface area contributed by atoms with Gasteiger partial charge in [0, 0.05) is 0 Å². The van der Waals surface area contributed by atoms with E-state index in [4.69, 9.17) is 5.73 Å². The fourth-order valence-electron chi connectivity index (χ4n) is 0.591. The predicted molar refractivity (Wildman–Crippen MR) is 45.4 cm³/mol. The first-order chi connectivity index (χ1) is 5.11. The number of carbonyl (C=O) groups excluding carboxylic acids is 1. The van der Waals surface area contributed by atoms with Crippen molar-refractivity contribution < 1.29 is 9.18 Å². The normalized spacial score (nSPS) is 9.64. The summed E-state index contributed by atoms with van der Waals surface area (Å²) in [6, 6.07) is 2.62. The van der Waals surface area contributed by atoms with Gasteiger partial charge >= 0.3 is 0 Å². The third-order valence-electron chi connectivity index (χ3n) is 1.05. The Morgan fingerprint density at radius 1 is 1.64 bits per heavy atom. The van der Waals surface area contributed by atoms with Crippen LogP contribution < -0.4 is 5.73 Å². The zero-order valence-corrected chi connectivity index (χ0v) is 7.50. The molecular weight excluding hydrogens is 262 g/mol. The van der Waals surface area contributed by atoms with E-state index in [0.29, 0.717) is 3.70 Å². The maximum Gasteiger partial charge on any atom is 0.270 e. The first-order valence-electron chi connectivity index (χ1n) is 2.73. The summed E-state index contributed by atoms with van der Waals surface area (Å²) in [6.45, 7) is 0. The molecule has 0 atom stereocenters. The maximum atomic E-state index is 12.7. The van der Waals surface area contributed by atoms with Gasteiger partial charge in [0.25, 0.3) is 5.91 Å². The van der Waals surface area contributed by atoms with Crippen LogP contribution in [0.4, 0.5) is 4.39 Å². The Hall–Kier alpha value is -0.720. The number of nitrogens with two attached hydrogens (primary N) is 1. The number of rotatable bonds is 1. The number of nitrogens with zero attached hydrogens (tertiary/aromatic N) is 1. The van der Waals surface area contributed by atoms with Crippen LogP contribution in [0.15, 0.2) is 12.1 Å². The number of hydrogen-bond donors (Lipinski definition) is 1. The van der Waals surface area contributed by atoms with E-state index < -0.39 is 11.7 Å². The summed E-state index contributed by atoms with van der Waals surface area (Å²) >= 11 is 1.87. The number of halogens is 2. The molecule has 0 saturated carbocycles. The molecule has 0 saturated heterocycles. The standard InChI is InChI=1S/C6H4FIN2O/c7-3-1-2-4(8)10-5(3)6(9)11/h1-2H,(H2,9,11). The van der Waals surface area contributed by atoms with E-state index in [1.54, 1.807) is 0 Å². The van der Waals surface area contributed by atoms with E-state index in [0.717, 1.165) is 6.07 Å². The number of pyridine rings is 1. The van der Waals surface area contributed by atoms with Crippen molar-refractivity contribution in [3.8, 4) is 0 Å². The highest BCUT2D eigenvalue weighted by atomic mass is 127. The van der Waals surface area contributed by atoms with Crippen LogP contribution in [0, 0.1) is 9.52 Å². The molecule has 0 aromatic carbocycles. The maximum absolute atomic E-state index is 12.7. The van der Waals surface area contributed by atoms with Crippen LogP contribution in [0.1, 0.15) is 10.5 Å². The molecule has 2 N–H and O–H groups in total. The number of aromatic nitrogens is 1. The van der Waals surface area contributed by atoms with Crippen LogP contribution in [0.25, 0.3) is 0 Å². The van der Waals surface area contributed by atoms with Gasteiger partial charge in [0.2, 0.25) is 0 Å². The number of amides is 1. The van der Waals surface area contributed by atoms with Gasteiger partial charge < -0.3 is 5.73 Å². The van der Waals surface area contributed by atoms with Crippen LogP contribution in [0.2, 0.25) is 0 Å². The van der Waals surface area contributed by atoms with Crippen molar-refractivity contribution >= 4 is 28.5 Å². The average molecular weight is 266 g/mol. The van der Waals surface area contributed by atoms with Gasteiger partial charge in [0.05, 0.1) is 0 Å². The van der Waals surface area contributed by atoms with E-state index >= 15 is 0 Å². The summed E-state index contributed by atoms with van der Waals surface area (Å²) < 4.78 is 13.2. The van der Waals surface area contributed by atoms with Gasteiger partial charge in [0.1, 0.15) is 3.70 Å². The molecule has 3 nitrogen and oxygen atoms in total. The molecule has 1 amide bonds. The molecule has 1 heterocycles. The highest BCUT2D eigenvalue weighted by Gasteiger charge is 2.09. The lowest BCUT2D eigenvalue weighted by atomic mass is 10.3. The van der Waals surface area contributed by atoms with Crippen LogP contribution in [-0.2, 0) is 0 Å². The lowest BCUT2D eigenvalue weighted by Gasteiger charge is -1.96. The van der Waals surface area contributed by atoms with Gasteiger partial charge in [-0.05, 0) is 34.7 Å². The molecule has 0 fully saturated rings. The molecule has 1 aromatic heterocycles. The Morgan fingerprint density at radius 3 is 2.73 bits per heavy atom. The molecule has 11 heavy (non-hydrogen) atoms. The van der Waals surface area contributed by atoms with Gasteiger partial charge in [-0.3, -0.25) is 4.79 Å². The Bertz CT molecular complexity index is 303. The number of carbonyl (C=O) groups is 1. The minimum atomic E-state index is -0.846. The van der Waals surface area contributed by atoms with Crippen molar-refractivity contribution in [2.24, 2.45) is 5.73 Å². The Kier molecular flexibility index (Phi) is 2.38. The van der Waals surface area contributed by atoms with Crippen LogP contribution in [0.5, 0.6) is 0 Å². The second-order valence-corrected chi connectivity index (χ2v) is 2.93. The largest absolute Gasteiger partial charge is 0.364 e. The third kappa shape index (κ3) is 1.86. The minimum Gasteiger partial charge on any atom is -0.364 e. The second-order valence-electron chi connectivity index (χ2n) is 1.83. The highest BCUT2D eigenvalue weighted by Crippen LogP contribution is 2.06. The molecular formula is C6H4FIN2O. The van der Waals surface area contributed by atoms with E-state index in [-0.39, 0.29) is 5.69 Å². The van der Waals surface area contributed by atoms with Crippen molar-refractivity contribution in [1.82, 2.24) is 4.98 Å². The number of primary amides is 1. The Labute approximate surface area is 75.9 Å². The molecule has 0 bridgehead atoms. The molecule has 0 aliphatic rings. The summed E-state index contributed by atoms with van der Waals surface area (Å²) in [5.41, 5.74) is 4.53. The zero-order valence-electron chi connectivity index (χ0n) is 5.34. The summed E-state index contributed by atoms with van der Waals surface area (Å²) in [4.78, 5) is 14.1. The van der Waals surface area contributed by atoms with Crippen LogP contribution in [-0.4, -0.2) is 10.9 Å². The van der Waals surface area contributed by atoms with E-state index in [2.05, 4.69) is 4.98 Å². The van der Waals surface area contributed by atoms with Gasteiger partial charge in [0.15, 0.2) is 11.5 Å². The van der Waals surface area contributed by atoms with Gasteiger partial charge in [-0.2, -0.15) is 0 Å². The molecule has 58 valence electrons. The lowest BCUT2D eigenvalue weighted by molar-refractivity contribution is 0.0991. The predicted octanol–water partition coefficient (Wildman–Crippen LogP) is 0.924. The highest BCUT2D eigenvalue weighted by molar-refractivity contribution is 14.1. The zero-order chi connectivity index (χ0) is 8.43. The second kappa shape index (κ2) is 3.12. The van der Waals surface area contributed by atoms with Gasteiger partial charge in [-0.15, -0.1) is 0 Å². The average Bonchev–Trinajstić information content (AvgIpc) is 1.94.